The van der Waals surface area contributed by atoms with Gasteiger partial charge in [-0.2, -0.15) is 0 Å². The number of nitrogens with zero attached hydrogens (tertiary/aromatic N) is 1. The van der Waals surface area contributed by atoms with Crippen LogP contribution in [-0.2, 0) is 6.42 Å². The lowest BCUT2D eigenvalue weighted by atomic mass is 10.1. The third kappa shape index (κ3) is 1.39. The molecule has 0 spiro atoms. The molecule has 1 unspecified atom stereocenters. The van der Waals surface area contributed by atoms with Crippen LogP contribution in [0.25, 0.3) is 0 Å². The summed E-state index contributed by atoms with van der Waals surface area (Å²) in [5, 5.41) is 3.34. The van der Waals surface area contributed by atoms with E-state index in [0.717, 1.165) is 13.0 Å². The van der Waals surface area contributed by atoms with Gasteiger partial charge in [0.05, 0.1) is 12.0 Å². The Morgan fingerprint density at radius 2 is 2.45 bits per heavy atom. The maximum atomic E-state index is 4.22. The molecular formula is C7H12ClN3. The lowest BCUT2D eigenvalue weighted by molar-refractivity contribution is 0.527. The maximum absolute atomic E-state index is 4.22. The van der Waals surface area contributed by atoms with Crippen molar-refractivity contribution in [1.82, 2.24) is 15.3 Å². The molecule has 1 aliphatic rings. The predicted molar refractivity (Wildman–Crippen MR) is 46.0 cm³/mol. The Kier molecular flexibility index (Phi) is 2.52. The maximum Gasteiger partial charge on any atom is 0.0925 e. The molecule has 0 saturated carbocycles. The van der Waals surface area contributed by atoms with Crippen LogP contribution in [0.3, 0.4) is 0 Å². The van der Waals surface area contributed by atoms with Gasteiger partial charge in [-0.1, -0.05) is 0 Å². The number of fused-ring (bicyclic) bond motifs is 1. The van der Waals surface area contributed by atoms with E-state index in [4.69, 9.17) is 0 Å². The largest absolute Gasteiger partial charge is 0.348 e. The fourth-order valence-electron chi connectivity index (χ4n) is 1.42. The third-order valence-corrected chi connectivity index (χ3v) is 1.99. The highest BCUT2D eigenvalue weighted by molar-refractivity contribution is 5.85. The first-order valence-corrected chi connectivity index (χ1v) is 3.63. The van der Waals surface area contributed by atoms with Crippen molar-refractivity contribution >= 4 is 12.4 Å². The average molecular weight is 174 g/mol. The molecule has 0 amide bonds. The molecule has 0 radical (unpaired) electrons. The van der Waals surface area contributed by atoms with Crippen LogP contribution in [-0.4, -0.2) is 16.5 Å². The molecule has 0 aliphatic carbocycles. The number of aromatic nitrogens is 2. The van der Waals surface area contributed by atoms with Gasteiger partial charge in [-0.25, -0.2) is 4.98 Å². The third-order valence-electron chi connectivity index (χ3n) is 1.99. The number of rotatable bonds is 0. The Labute approximate surface area is 72.0 Å². The van der Waals surface area contributed by atoms with Gasteiger partial charge in [-0.15, -0.1) is 12.4 Å². The van der Waals surface area contributed by atoms with Crippen molar-refractivity contribution in [2.75, 3.05) is 6.54 Å². The van der Waals surface area contributed by atoms with Crippen molar-refractivity contribution < 1.29 is 0 Å². The van der Waals surface area contributed by atoms with Crippen molar-refractivity contribution in [3.05, 3.63) is 17.7 Å². The molecular weight excluding hydrogens is 162 g/mol. The summed E-state index contributed by atoms with van der Waals surface area (Å²) in [5.74, 6) is 0. The standard InChI is InChI=1S/C7H11N3.ClH/c1-5-7-6(2-3-8-5)9-4-10-7;/h4-5,8H,2-3H2,1H3,(H,9,10);1H. The average Bonchev–Trinajstić information content (AvgIpc) is 2.36. The molecule has 2 N–H and O–H groups in total. The molecule has 2 rings (SSSR count). The van der Waals surface area contributed by atoms with E-state index in [2.05, 4.69) is 22.2 Å². The fourth-order valence-corrected chi connectivity index (χ4v) is 1.42. The van der Waals surface area contributed by atoms with Gasteiger partial charge in [0.15, 0.2) is 0 Å². The van der Waals surface area contributed by atoms with Crippen LogP contribution in [0.4, 0.5) is 0 Å². The van der Waals surface area contributed by atoms with E-state index in [1.165, 1.54) is 11.4 Å². The molecule has 62 valence electrons. The summed E-state index contributed by atoms with van der Waals surface area (Å²) < 4.78 is 0. The highest BCUT2D eigenvalue weighted by Gasteiger charge is 2.16. The summed E-state index contributed by atoms with van der Waals surface area (Å²) in [7, 11) is 0. The van der Waals surface area contributed by atoms with Gasteiger partial charge in [0, 0.05) is 24.7 Å². The van der Waals surface area contributed by atoms with E-state index in [-0.39, 0.29) is 12.4 Å². The molecule has 0 saturated heterocycles. The monoisotopic (exact) mass is 173 g/mol. The second-order valence-corrected chi connectivity index (χ2v) is 2.69. The van der Waals surface area contributed by atoms with E-state index in [9.17, 15) is 0 Å². The zero-order valence-corrected chi connectivity index (χ0v) is 7.24. The van der Waals surface area contributed by atoms with Crippen LogP contribution >= 0.6 is 12.4 Å². The molecule has 0 fully saturated rings. The Bertz CT molecular complexity index is 233. The minimum Gasteiger partial charge on any atom is -0.348 e. The van der Waals surface area contributed by atoms with E-state index in [1.54, 1.807) is 6.33 Å². The van der Waals surface area contributed by atoms with Gasteiger partial charge in [-0.3, -0.25) is 0 Å². The molecule has 0 aromatic carbocycles. The summed E-state index contributed by atoms with van der Waals surface area (Å²) in [6.45, 7) is 3.20. The minimum absolute atomic E-state index is 0. The van der Waals surface area contributed by atoms with Crippen LogP contribution in [0, 0.1) is 0 Å². The quantitative estimate of drug-likeness (QED) is 0.616. The van der Waals surface area contributed by atoms with Crippen molar-refractivity contribution in [1.29, 1.82) is 0 Å². The van der Waals surface area contributed by atoms with Crippen LogP contribution < -0.4 is 5.32 Å². The van der Waals surface area contributed by atoms with Gasteiger partial charge >= 0.3 is 0 Å². The Hall–Kier alpha value is -0.540. The minimum atomic E-state index is 0. The van der Waals surface area contributed by atoms with Gasteiger partial charge < -0.3 is 10.3 Å². The number of halogens is 1. The first kappa shape index (κ1) is 8.56. The van der Waals surface area contributed by atoms with Crippen molar-refractivity contribution in [3.63, 3.8) is 0 Å². The summed E-state index contributed by atoms with van der Waals surface area (Å²) in [6, 6.07) is 0.426. The van der Waals surface area contributed by atoms with Gasteiger partial charge in [0.2, 0.25) is 0 Å². The summed E-state index contributed by atoms with van der Waals surface area (Å²) in [4.78, 5) is 7.36. The lowest BCUT2D eigenvalue weighted by Gasteiger charge is -2.18. The molecule has 2 heterocycles. The lowest BCUT2D eigenvalue weighted by Crippen LogP contribution is -2.27. The van der Waals surface area contributed by atoms with E-state index in [0.29, 0.717) is 6.04 Å². The second kappa shape index (κ2) is 3.24. The van der Waals surface area contributed by atoms with Crippen molar-refractivity contribution in [2.24, 2.45) is 0 Å². The van der Waals surface area contributed by atoms with E-state index >= 15 is 0 Å². The van der Waals surface area contributed by atoms with Crippen molar-refractivity contribution in [2.45, 2.75) is 19.4 Å². The van der Waals surface area contributed by atoms with Crippen LogP contribution in [0.1, 0.15) is 24.4 Å². The van der Waals surface area contributed by atoms with Gasteiger partial charge in [-0.05, 0) is 6.92 Å². The van der Waals surface area contributed by atoms with Crippen molar-refractivity contribution in [3.8, 4) is 0 Å². The zero-order chi connectivity index (χ0) is 6.97. The number of nitrogens with one attached hydrogen (secondary N) is 2. The number of aromatic amines is 1. The SMILES string of the molecule is CC1NCCc2[nH]cnc21.Cl. The van der Waals surface area contributed by atoms with Crippen LogP contribution in [0.15, 0.2) is 6.33 Å². The summed E-state index contributed by atoms with van der Waals surface area (Å²) >= 11 is 0. The number of hydrogen-bond donors (Lipinski definition) is 2. The predicted octanol–water partition coefficient (Wildman–Crippen LogP) is 1.04. The molecule has 3 nitrogen and oxygen atoms in total. The Morgan fingerprint density at radius 3 is 3.18 bits per heavy atom. The number of H-pyrrole nitrogens is 1. The van der Waals surface area contributed by atoms with E-state index in [1.807, 2.05) is 0 Å². The second-order valence-electron chi connectivity index (χ2n) is 2.69. The zero-order valence-electron chi connectivity index (χ0n) is 6.42. The highest BCUT2D eigenvalue weighted by Crippen LogP contribution is 2.17. The molecule has 4 heteroatoms. The number of hydrogen-bond acceptors (Lipinski definition) is 2. The molecule has 11 heavy (non-hydrogen) atoms. The molecule has 1 aromatic heterocycles. The van der Waals surface area contributed by atoms with Crippen LogP contribution in [0.5, 0.6) is 0 Å². The topological polar surface area (TPSA) is 40.7 Å². The highest BCUT2D eigenvalue weighted by atomic mass is 35.5. The number of imidazole rings is 1. The molecule has 0 bridgehead atoms. The Balaban J connectivity index is 0.000000605. The molecule has 1 aliphatic heterocycles. The molecule has 1 atom stereocenters. The van der Waals surface area contributed by atoms with Gasteiger partial charge in [0.25, 0.3) is 0 Å². The Morgan fingerprint density at radius 1 is 1.64 bits per heavy atom. The van der Waals surface area contributed by atoms with Crippen LogP contribution in [0.2, 0.25) is 0 Å². The summed E-state index contributed by atoms with van der Waals surface area (Å²) in [5.41, 5.74) is 2.48. The first-order chi connectivity index (χ1) is 4.88. The first-order valence-electron chi connectivity index (χ1n) is 3.63. The summed E-state index contributed by atoms with van der Waals surface area (Å²) in [6.07, 6.45) is 2.86. The van der Waals surface area contributed by atoms with Gasteiger partial charge in [0.1, 0.15) is 0 Å². The normalized spacial score (nSPS) is 22.1. The smallest absolute Gasteiger partial charge is 0.0925 e. The van der Waals surface area contributed by atoms with E-state index < -0.39 is 0 Å². The molecule has 1 aromatic rings. The fraction of sp³-hybridized carbons (Fsp3) is 0.571.